The fourth-order valence-corrected chi connectivity index (χ4v) is 3.62. The molecule has 0 fully saturated rings. The van der Waals surface area contributed by atoms with Gasteiger partial charge in [0, 0.05) is 22.5 Å². The summed E-state index contributed by atoms with van der Waals surface area (Å²) in [7, 11) is 0. The van der Waals surface area contributed by atoms with Crippen LogP contribution in [0, 0.1) is 6.92 Å². The Morgan fingerprint density at radius 1 is 1.37 bits per heavy atom. The third kappa shape index (κ3) is 5.42. The number of aromatic nitrogens is 2. The number of nitrogens with zero attached hydrogens (tertiary/aromatic N) is 2. The van der Waals surface area contributed by atoms with Crippen LogP contribution >= 0.6 is 11.3 Å². The van der Waals surface area contributed by atoms with Gasteiger partial charge in [0.2, 0.25) is 0 Å². The molecule has 1 aromatic carbocycles. The van der Waals surface area contributed by atoms with E-state index in [0.29, 0.717) is 19.6 Å². The van der Waals surface area contributed by atoms with Crippen LogP contribution in [0.2, 0.25) is 0 Å². The highest BCUT2D eigenvalue weighted by atomic mass is 32.1. The zero-order valence-corrected chi connectivity index (χ0v) is 16.0. The minimum absolute atomic E-state index is 0.200. The number of thiophene rings is 1. The van der Waals surface area contributed by atoms with Crippen LogP contribution in [0.5, 0.6) is 5.75 Å². The summed E-state index contributed by atoms with van der Waals surface area (Å²) in [6.07, 6.45) is 3.82. The number of carbonyl (C=O) groups excluding carboxylic acids is 1. The Hall–Kier alpha value is -2.64. The zero-order valence-electron chi connectivity index (χ0n) is 15.2. The normalized spacial score (nSPS) is 12.1. The molecule has 2 aromatic heterocycles. The average molecular weight is 385 g/mol. The molecule has 142 valence electrons. The van der Waals surface area contributed by atoms with Crippen molar-refractivity contribution in [1.82, 2.24) is 9.55 Å². The number of aliphatic hydroxyl groups excluding tert-OH is 1. The van der Waals surface area contributed by atoms with Crippen LogP contribution in [0.4, 0.5) is 0 Å². The Morgan fingerprint density at radius 3 is 2.93 bits per heavy atom. The lowest BCUT2D eigenvalue weighted by atomic mass is 10.2. The number of hydrogen-bond acceptors (Lipinski definition) is 5. The molecule has 1 atom stereocenters. The first-order valence-electron chi connectivity index (χ1n) is 8.80. The number of benzene rings is 1. The fourth-order valence-electron chi connectivity index (χ4n) is 2.76. The van der Waals surface area contributed by atoms with Crippen LogP contribution in [0.3, 0.4) is 0 Å². The average Bonchev–Trinajstić information content (AvgIpc) is 3.28. The van der Waals surface area contributed by atoms with Gasteiger partial charge < -0.3 is 20.1 Å². The van der Waals surface area contributed by atoms with E-state index in [4.69, 9.17) is 10.5 Å². The summed E-state index contributed by atoms with van der Waals surface area (Å²) < 4.78 is 7.49. The van der Waals surface area contributed by atoms with Gasteiger partial charge >= 0.3 is 0 Å². The van der Waals surface area contributed by atoms with Gasteiger partial charge in [-0.25, -0.2) is 4.98 Å². The summed E-state index contributed by atoms with van der Waals surface area (Å²) in [5, 5.41) is 10.1. The van der Waals surface area contributed by atoms with E-state index in [2.05, 4.69) is 30.1 Å². The first-order chi connectivity index (χ1) is 13.0. The van der Waals surface area contributed by atoms with Gasteiger partial charge in [-0.1, -0.05) is 12.1 Å². The van der Waals surface area contributed by atoms with E-state index in [-0.39, 0.29) is 5.69 Å². The molecule has 0 aliphatic rings. The number of carbonyl (C=O) groups is 1. The van der Waals surface area contributed by atoms with Crippen LogP contribution in [0.15, 0.2) is 48.9 Å². The minimum atomic E-state index is -0.573. The first-order valence-corrected chi connectivity index (χ1v) is 9.62. The van der Waals surface area contributed by atoms with Crippen LogP contribution < -0.4 is 10.5 Å². The molecular formula is C20H23N3O3S. The van der Waals surface area contributed by atoms with E-state index in [1.165, 1.54) is 16.1 Å². The third-order valence-electron chi connectivity index (χ3n) is 4.12. The number of primary amides is 1. The van der Waals surface area contributed by atoms with Crippen molar-refractivity contribution >= 4 is 17.2 Å². The highest BCUT2D eigenvalue weighted by Gasteiger charge is 2.09. The van der Waals surface area contributed by atoms with Crippen molar-refractivity contribution in [2.24, 2.45) is 5.73 Å². The predicted molar refractivity (Wildman–Crippen MR) is 106 cm³/mol. The molecule has 27 heavy (non-hydrogen) atoms. The summed E-state index contributed by atoms with van der Waals surface area (Å²) in [6.45, 7) is 2.99. The number of hydrogen-bond donors (Lipinski definition) is 2. The second-order valence-electron chi connectivity index (χ2n) is 6.40. The predicted octanol–water partition coefficient (Wildman–Crippen LogP) is 3.24. The zero-order chi connectivity index (χ0) is 19.2. The Balaban J connectivity index is 1.43. The van der Waals surface area contributed by atoms with Crippen molar-refractivity contribution in [3.05, 3.63) is 59.5 Å². The molecule has 0 spiro atoms. The molecule has 7 heteroatoms. The number of imidazole rings is 1. The number of aryl methyl sites for hydroxylation is 1. The Kier molecular flexibility index (Phi) is 6.26. The molecule has 3 N–H and O–H groups in total. The molecule has 0 radical (unpaired) electrons. The lowest BCUT2D eigenvalue weighted by molar-refractivity contribution is 0.0995. The van der Waals surface area contributed by atoms with Gasteiger partial charge in [-0.05, 0) is 49.6 Å². The van der Waals surface area contributed by atoms with Crippen molar-refractivity contribution < 1.29 is 14.6 Å². The Morgan fingerprint density at radius 2 is 2.22 bits per heavy atom. The molecule has 0 bridgehead atoms. The highest BCUT2D eigenvalue weighted by Crippen LogP contribution is 2.30. The van der Waals surface area contributed by atoms with E-state index >= 15 is 0 Å². The molecule has 3 rings (SSSR count). The van der Waals surface area contributed by atoms with Crippen molar-refractivity contribution in [3.8, 4) is 16.2 Å². The van der Waals surface area contributed by atoms with Crippen LogP contribution in [-0.4, -0.2) is 33.3 Å². The quantitative estimate of drug-likeness (QED) is 0.553. The molecule has 1 unspecified atom stereocenters. The van der Waals surface area contributed by atoms with E-state index in [0.717, 1.165) is 17.7 Å². The minimum Gasteiger partial charge on any atom is -0.494 e. The monoisotopic (exact) mass is 385 g/mol. The Bertz CT molecular complexity index is 903. The summed E-state index contributed by atoms with van der Waals surface area (Å²) in [4.78, 5) is 17.4. The van der Waals surface area contributed by atoms with Gasteiger partial charge in [0.1, 0.15) is 11.4 Å². The molecule has 0 saturated heterocycles. The fraction of sp³-hybridized carbons (Fsp3) is 0.300. The third-order valence-corrected chi connectivity index (χ3v) is 5.17. The Labute approximate surface area is 162 Å². The number of nitrogens with two attached hydrogens (primary N) is 1. The highest BCUT2D eigenvalue weighted by molar-refractivity contribution is 7.15. The smallest absolute Gasteiger partial charge is 0.268 e. The summed E-state index contributed by atoms with van der Waals surface area (Å²) in [5.41, 5.74) is 6.52. The topological polar surface area (TPSA) is 90.4 Å². The van der Waals surface area contributed by atoms with Crippen molar-refractivity contribution in [2.75, 3.05) is 6.61 Å². The standard InChI is InChI=1S/C20H23N3O3S/c1-14-7-8-19(27-14)15-4-2-6-17(10-15)26-9-3-5-16(24)11-23-12-18(20(21)25)22-13-23/h2,4,6-8,10,12-13,16,24H,3,5,9,11H2,1H3,(H2,21,25). The molecule has 0 aliphatic carbocycles. The van der Waals surface area contributed by atoms with Gasteiger partial charge in [-0.2, -0.15) is 0 Å². The van der Waals surface area contributed by atoms with E-state index in [1.807, 2.05) is 18.2 Å². The second-order valence-corrected chi connectivity index (χ2v) is 7.69. The molecular weight excluding hydrogens is 362 g/mol. The summed E-state index contributed by atoms with van der Waals surface area (Å²) >= 11 is 1.76. The lowest BCUT2D eigenvalue weighted by Crippen LogP contribution is -2.16. The maximum Gasteiger partial charge on any atom is 0.268 e. The van der Waals surface area contributed by atoms with Gasteiger partial charge in [0.05, 0.1) is 19.0 Å². The molecule has 0 saturated carbocycles. The van der Waals surface area contributed by atoms with E-state index in [9.17, 15) is 9.90 Å². The van der Waals surface area contributed by atoms with Crippen LogP contribution in [-0.2, 0) is 6.54 Å². The molecule has 0 aliphatic heterocycles. The van der Waals surface area contributed by atoms with Gasteiger partial charge in [-0.3, -0.25) is 4.79 Å². The number of rotatable bonds is 9. The number of amides is 1. The molecule has 2 heterocycles. The summed E-state index contributed by atoms with van der Waals surface area (Å²) in [5.74, 6) is 0.255. The molecule has 3 aromatic rings. The second kappa shape index (κ2) is 8.83. The number of ether oxygens (including phenoxy) is 1. The van der Waals surface area contributed by atoms with Crippen LogP contribution in [0.1, 0.15) is 28.2 Å². The van der Waals surface area contributed by atoms with Crippen molar-refractivity contribution in [3.63, 3.8) is 0 Å². The van der Waals surface area contributed by atoms with E-state index in [1.54, 1.807) is 22.1 Å². The van der Waals surface area contributed by atoms with Gasteiger partial charge in [-0.15, -0.1) is 11.3 Å². The molecule has 6 nitrogen and oxygen atoms in total. The molecule has 1 amide bonds. The summed E-state index contributed by atoms with van der Waals surface area (Å²) in [6, 6.07) is 12.3. The SMILES string of the molecule is Cc1ccc(-c2cccc(OCCCC(O)Cn3cnc(C(N)=O)c3)c2)s1. The maximum absolute atomic E-state index is 11.0. The lowest BCUT2D eigenvalue weighted by Gasteiger charge is -2.12. The largest absolute Gasteiger partial charge is 0.494 e. The van der Waals surface area contributed by atoms with Crippen molar-refractivity contribution in [1.29, 1.82) is 0 Å². The van der Waals surface area contributed by atoms with E-state index < -0.39 is 12.0 Å². The number of aliphatic hydroxyl groups is 1. The van der Waals surface area contributed by atoms with Crippen molar-refractivity contribution in [2.45, 2.75) is 32.4 Å². The van der Waals surface area contributed by atoms with Crippen LogP contribution in [0.25, 0.3) is 10.4 Å². The first kappa shape index (κ1) is 19.1. The van der Waals surface area contributed by atoms with Gasteiger partial charge in [0.25, 0.3) is 5.91 Å². The van der Waals surface area contributed by atoms with Gasteiger partial charge in [0.15, 0.2) is 0 Å². The maximum atomic E-state index is 11.0.